The Bertz CT molecular complexity index is 3590. The summed E-state index contributed by atoms with van der Waals surface area (Å²) in [5, 5.41) is 9.98. The van der Waals surface area contributed by atoms with E-state index in [1.54, 1.807) is 0 Å². The molecule has 0 bridgehead atoms. The summed E-state index contributed by atoms with van der Waals surface area (Å²) in [6.07, 6.45) is 8.05. The first-order valence-corrected chi connectivity index (χ1v) is 20.1. The van der Waals surface area contributed by atoms with Crippen LogP contribution >= 0.6 is 0 Å². The van der Waals surface area contributed by atoms with Crippen LogP contribution in [-0.2, 0) is 0 Å². The normalized spacial score (nSPS) is 14.7. The van der Waals surface area contributed by atoms with E-state index in [9.17, 15) is 0 Å². The zero-order chi connectivity index (χ0) is 37.9. The SMILES string of the molecule is C1=CC(c2cc3c4ccccc4n4c5ccccc5c(c2)c34)CC=C1N(c1ccc2c(c1)oc1ccccc12)c1ccc2c(c1)c1ccccc1n2-c1ccccc1. The molecule has 0 aliphatic heterocycles. The Morgan fingerprint density at radius 1 is 0.466 bits per heavy atom. The number of fused-ring (bicyclic) bond motifs is 12. The molecule has 13 rings (SSSR count). The summed E-state index contributed by atoms with van der Waals surface area (Å²) < 4.78 is 11.3. The Hall–Kier alpha value is -7.56. The third-order valence-electron chi connectivity index (χ3n) is 12.5. The van der Waals surface area contributed by atoms with Gasteiger partial charge in [-0.25, -0.2) is 0 Å². The van der Waals surface area contributed by atoms with Crippen molar-refractivity contribution in [2.24, 2.45) is 0 Å². The van der Waals surface area contributed by atoms with Crippen molar-refractivity contribution in [3.05, 3.63) is 205 Å². The third kappa shape index (κ3) is 4.45. The summed E-state index contributed by atoms with van der Waals surface area (Å²) in [6, 6.07) is 63.9. The van der Waals surface area contributed by atoms with Gasteiger partial charge in [0.1, 0.15) is 11.2 Å². The highest BCUT2D eigenvalue weighted by molar-refractivity contribution is 6.23. The van der Waals surface area contributed by atoms with Crippen LogP contribution in [0.2, 0.25) is 0 Å². The van der Waals surface area contributed by atoms with E-state index in [-0.39, 0.29) is 5.92 Å². The van der Waals surface area contributed by atoms with Gasteiger partial charge in [0.2, 0.25) is 0 Å². The predicted molar refractivity (Wildman–Crippen MR) is 242 cm³/mol. The second-order valence-corrected chi connectivity index (χ2v) is 15.7. The van der Waals surface area contributed by atoms with Gasteiger partial charge in [0.05, 0.1) is 27.6 Å². The predicted octanol–water partition coefficient (Wildman–Crippen LogP) is 14.6. The lowest BCUT2D eigenvalue weighted by Gasteiger charge is -2.29. The second kappa shape index (κ2) is 12.0. The van der Waals surface area contributed by atoms with Crippen LogP contribution in [0.1, 0.15) is 17.9 Å². The van der Waals surface area contributed by atoms with Gasteiger partial charge in [0.15, 0.2) is 0 Å². The standard InChI is InChI=1S/C54H35N3O/c1-2-12-36(13-3-1)56-48-18-8-4-14-40(48)45-32-38(27-29-51(45)56)55(39-26-28-44-43-17-7-11-21-52(43)58-53(44)33-39)37-24-22-34(23-25-37)35-30-46-41-15-5-9-19-49(41)57-50-20-10-6-16-42(50)47(31-35)54(46)57/h1-22,24-34H,23H2. The van der Waals surface area contributed by atoms with Gasteiger partial charge in [-0.2, -0.15) is 0 Å². The molecule has 0 amide bonds. The lowest BCUT2D eigenvalue weighted by molar-refractivity contribution is 0.669. The fourth-order valence-electron chi connectivity index (χ4n) is 9.96. The molecule has 4 nitrogen and oxygen atoms in total. The molecule has 0 fully saturated rings. The van der Waals surface area contributed by atoms with E-state index in [1.807, 2.05) is 6.07 Å². The highest BCUT2D eigenvalue weighted by atomic mass is 16.3. The van der Waals surface area contributed by atoms with Crippen molar-refractivity contribution in [1.29, 1.82) is 0 Å². The van der Waals surface area contributed by atoms with Crippen molar-refractivity contribution < 1.29 is 4.42 Å². The van der Waals surface area contributed by atoms with E-state index in [1.165, 1.54) is 65.5 Å². The van der Waals surface area contributed by atoms with E-state index < -0.39 is 0 Å². The molecular formula is C54H35N3O. The zero-order valence-electron chi connectivity index (χ0n) is 31.5. The third-order valence-corrected chi connectivity index (χ3v) is 12.5. The number of allylic oxidation sites excluding steroid dienone is 3. The van der Waals surface area contributed by atoms with Gasteiger partial charge < -0.3 is 18.3 Å². The maximum atomic E-state index is 6.46. The van der Waals surface area contributed by atoms with Crippen molar-refractivity contribution in [3.63, 3.8) is 0 Å². The number of anilines is 2. The largest absolute Gasteiger partial charge is 0.456 e. The van der Waals surface area contributed by atoms with Gasteiger partial charge in [-0.1, -0.05) is 103 Å². The number of benzene rings is 8. The monoisotopic (exact) mass is 741 g/mol. The summed E-state index contributed by atoms with van der Waals surface area (Å²) in [6.45, 7) is 0. The molecule has 4 heterocycles. The number of nitrogens with zero attached hydrogens (tertiary/aromatic N) is 3. The molecule has 0 saturated heterocycles. The molecule has 1 atom stereocenters. The van der Waals surface area contributed by atoms with Crippen LogP contribution in [0.25, 0.3) is 87.5 Å². The lowest BCUT2D eigenvalue weighted by atomic mass is 9.89. The highest BCUT2D eigenvalue weighted by Gasteiger charge is 2.24. The van der Waals surface area contributed by atoms with Crippen LogP contribution in [0.5, 0.6) is 0 Å². The Balaban J connectivity index is 0.965. The number of para-hydroxylation sites is 5. The minimum Gasteiger partial charge on any atom is -0.456 e. The van der Waals surface area contributed by atoms with E-state index >= 15 is 0 Å². The molecule has 0 spiro atoms. The summed E-state index contributed by atoms with van der Waals surface area (Å²) in [7, 11) is 0. The van der Waals surface area contributed by atoms with Gasteiger partial charge in [0, 0.05) is 77.8 Å². The van der Waals surface area contributed by atoms with Crippen LogP contribution in [0, 0.1) is 0 Å². The van der Waals surface area contributed by atoms with Crippen molar-refractivity contribution in [3.8, 4) is 5.69 Å². The van der Waals surface area contributed by atoms with E-state index in [2.05, 4.69) is 202 Å². The molecule has 0 N–H and O–H groups in total. The van der Waals surface area contributed by atoms with Gasteiger partial charge in [-0.15, -0.1) is 0 Å². The smallest absolute Gasteiger partial charge is 0.137 e. The zero-order valence-corrected chi connectivity index (χ0v) is 31.5. The van der Waals surface area contributed by atoms with Crippen molar-refractivity contribution in [2.45, 2.75) is 12.3 Å². The molecule has 1 aliphatic rings. The Morgan fingerprint density at radius 2 is 1.05 bits per heavy atom. The van der Waals surface area contributed by atoms with Crippen LogP contribution in [0.3, 0.4) is 0 Å². The molecule has 4 heteroatoms. The molecule has 0 saturated carbocycles. The maximum absolute atomic E-state index is 6.46. The van der Waals surface area contributed by atoms with E-state index in [0.717, 1.165) is 51.1 Å². The number of rotatable bonds is 5. The molecular weight excluding hydrogens is 707 g/mol. The highest BCUT2D eigenvalue weighted by Crippen LogP contribution is 2.44. The first kappa shape index (κ1) is 31.6. The Kier molecular flexibility index (Phi) is 6.53. The van der Waals surface area contributed by atoms with Crippen LogP contribution < -0.4 is 4.90 Å². The summed E-state index contributed by atoms with van der Waals surface area (Å²) >= 11 is 0. The van der Waals surface area contributed by atoms with Gasteiger partial charge >= 0.3 is 0 Å². The summed E-state index contributed by atoms with van der Waals surface area (Å²) in [4.78, 5) is 2.40. The number of aromatic nitrogens is 2. The fraction of sp³-hybridized carbons (Fsp3) is 0.0370. The van der Waals surface area contributed by atoms with E-state index in [4.69, 9.17) is 4.42 Å². The minimum atomic E-state index is 0.241. The number of hydrogen-bond acceptors (Lipinski definition) is 2. The van der Waals surface area contributed by atoms with Gasteiger partial charge in [-0.3, -0.25) is 0 Å². The van der Waals surface area contributed by atoms with Gasteiger partial charge in [0.25, 0.3) is 0 Å². The van der Waals surface area contributed by atoms with Gasteiger partial charge in [-0.05, 0) is 96.9 Å². The average Bonchev–Trinajstić information content (AvgIpc) is 4.02. The summed E-state index contributed by atoms with van der Waals surface area (Å²) in [5.41, 5.74) is 13.8. The molecule has 8 aromatic carbocycles. The maximum Gasteiger partial charge on any atom is 0.137 e. The molecule has 1 aliphatic carbocycles. The van der Waals surface area contributed by atoms with Crippen molar-refractivity contribution in [2.75, 3.05) is 4.90 Å². The summed E-state index contributed by atoms with van der Waals surface area (Å²) in [5.74, 6) is 0.241. The topological polar surface area (TPSA) is 25.7 Å². The van der Waals surface area contributed by atoms with E-state index in [0.29, 0.717) is 0 Å². The lowest BCUT2D eigenvalue weighted by Crippen LogP contribution is -2.17. The fourth-order valence-corrected chi connectivity index (χ4v) is 9.96. The molecule has 12 aromatic rings. The molecule has 272 valence electrons. The van der Waals surface area contributed by atoms with Crippen LogP contribution in [0.4, 0.5) is 11.4 Å². The second-order valence-electron chi connectivity index (χ2n) is 15.7. The number of furan rings is 1. The Morgan fingerprint density at radius 3 is 1.78 bits per heavy atom. The first-order valence-electron chi connectivity index (χ1n) is 20.1. The van der Waals surface area contributed by atoms with Crippen LogP contribution in [-0.4, -0.2) is 8.97 Å². The quantitative estimate of drug-likeness (QED) is 0.176. The Labute approximate surface area is 333 Å². The first-order chi connectivity index (χ1) is 28.8. The molecule has 1 unspecified atom stereocenters. The van der Waals surface area contributed by atoms with Crippen LogP contribution in [0.15, 0.2) is 204 Å². The molecule has 58 heavy (non-hydrogen) atoms. The minimum absolute atomic E-state index is 0.241. The van der Waals surface area contributed by atoms with Crippen molar-refractivity contribution in [1.82, 2.24) is 8.97 Å². The molecule has 4 aromatic heterocycles. The molecule has 0 radical (unpaired) electrons. The van der Waals surface area contributed by atoms with Crippen molar-refractivity contribution >= 4 is 93.2 Å². The number of hydrogen-bond donors (Lipinski definition) is 0. The average molecular weight is 742 g/mol.